The van der Waals surface area contributed by atoms with Gasteiger partial charge in [-0.3, -0.25) is 4.99 Å². The number of nitrogens with zero attached hydrogens (tertiary/aromatic N) is 3. The number of hydrogen-bond donors (Lipinski definition) is 1. The van der Waals surface area contributed by atoms with Crippen molar-refractivity contribution in [3.8, 4) is 0 Å². The zero-order valence-corrected chi connectivity index (χ0v) is 16.2. The van der Waals surface area contributed by atoms with E-state index in [1.54, 1.807) is 0 Å². The Morgan fingerprint density at radius 1 is 1.48 bits per heavy atom. The second kappa shape index (κ2) is 8.37. The smallest absolute Gasteiger partial charge is 0.317 e. The van der Waals surface area contributed by atoms with Gasteiger partial charge in [0, 0.05) is 31.9 Å². The van der Waals surface area contributed by atoms with E-state index in [9.17, 15) is 4.79 Å². The first-order valence-electron chi connectivity index (χ1n) is 9.27. The van der Waals surface area contributed by atoms with Crippen LogP contribution in [0.1, 0.15) is 47.0 Å². The van der Waals surface area contributed by atoms with E-state index < -0.39 is 0 Å². The molecule has 1 aliphatic carbocycles. The van der Waals surface area contributed by atoms with E-state index in [-0.39, 0.29) is 18.1 Å². The van der Waals surface area contributed by atoms with Crippen LogP contribution in [0.3, 0.4) is 0 Å². The Balaban J connectivity index is 2.16. The largest absolute Gasteiger partial charge is 0.364 e. The van der Waals surface area contributed by atoms with Crippen LogP contribution < -0.4 is 5.32 Å². The van der Waals surface area contributed by atoms with E-state index in [1.165, 1.54) is 11.1 Å². The molecule has 0 aromatic heterocycles. The summed E-state index contributed by atoms with van der Waals surface area (Å²) in [5, 5.41) is 3.16. The number of aliphatic imine (C=N–C) groups is 1. The van der Waals surface area contributed by atoms with Crippen molar-refractivity contribution in [3.05, 3.63) is 35.2 Å². The number of nitrogens with one attached hydrogen (secondary N) is 1. The molecular formula is C20H32N4O. The van der Waals surface area contributed by atoms with Gasteiger partial charge in [-0.1, -0.05) is 19.1 Å². The monoisotopic (exact) mass is 344 g/mol. The average Bonchev–Trinajstić information content (AvgIpc) is 3.35. The van der Waals surface area contributed by atoms with E-state index in [1.807, 2.05) is 18.0 Å². The van der Waals surface area contributed by atoms with Gasteiger partial charge in [0.15, 0.2) is 0 Å². The minimum absolute atomic E-state index is 0.0445. The van der Waals surface area contributed by atoms with Gasteiger partial charge in [0.05, 0.1) is 11.7 Å². The van der Waals surface area contributed by atoms with Gasteiger partial charge in [0.2, 0.25) is 0 Å². The normalized spacial score (nSPS) is 22.4. The van der Waals surface area contributed by atoms with Crippen molar-refractivity contribution in [1.82, 2.24) is 15.1 Å². The number of carbonyl (C=O) groups is 1. The number of allylic oxidation sites excluding steroid dienone is 2. The molecule has 1 atom stereocenters. The van der Waals surface area contributed by atoms with Crippen LogP contribution in [0.15, 0.2) is 40.2 Å². The Morgan fingerprint density at radius 3 is 2.64 bits per heavy atom. The average molecular weight is 345 g/mol. The summed E-state index contributed by atoms with van der Waals surface area (Å²) in [4.78, 5) is 20.8. The molecule has 0 spiro atoms. The number of carbonyl (C=O) groups excluding carboxylic acids is 1. The molecule has 25 heavy (non-hydrogen) atoms. The molecule has 0 radical (unpaired) electrons. The third-order valence-electron chi connectivity index (χ3n) is 4.96. The number of rotatable bonds is 7. The van der Waals surface area contributed by atoms with Crippen molar-refractivity contribution in [3.63, 3.8) is 0 Å². The van der Waals surface area contributed by atoms with Gasteiger partial charge in [-0.15, -0.1) is 0 Å². The lowest BCUT2D eigenvalue weighted by atomic mass is 10.0. The third kappa shape index (κ3) is 4.14. The molecule has 1 heterocycles. The van der Waals surface area contributed by atoms with E-state index >= 15 is 0 Å². The highest BCUT2D eigenvalue weighted by Gasteiger charge is 2.36. The topological polar surface area (TPSA) is 47.9 Å². The zero-order valence-electron chi connectivity index (χ0n) is 16.2. The predicted molar refractivity (Wildman–Crippen MR) is 105 cm³/mol. The van der Waals surface area contributed by atoms with Crippen molar-refractivity contribution in [1.29, 1.82) is 0 Å². The van der Waals surface area contributed by atoms with Gasteiger partial charge in [-0.25, -0.2) is 4.79 Å². The molecule has 1 aliphatic heterocycles. The number of likely N-dealkylation sites (N-methyl/N-ethyl adjacent to an activating group) is 1. The van der Waals surface area contributed by atoms with Gasteiger partial charge in [-0.2, -0.15) is 0 Å². The van der Waals surface area contributed by atoms with Gasteiger partial charge >= 0.3 is 6.03 Å². The SMILES string of the molecule is C=N/C=C1C(CC)=C(/C=C\C)C(CNC(=O)N(C(C)C)C2CC2)N/1C. The van der Waals surface area contributed by atoms with Crippen molar-refractivity contribution in [2.45, 2.75) is 65.1 Å². The molecule has 1 saturated carbocycles. The molecule has 1 fully saturated rings. The molecular weight excluding hydrogens is 312 g/mol. The van der Waals surface area contributed by atoms with Crippen LogP contribution in [0.25, 0.3) is 0 Å². The number of amides is 2. The summed E-state index contributed by atoms with van der Waals surface area (Å²) in [5.41, 5.74) is 3.62. The molecule has 138 valence electrons. The van der Waals surface area contributed by atoms with E-state index in [4.69, 9.17) is 0 Å². The molecule has 0 aromatic carbocycles. The minimum atomic E-state index is 0.0445. The van der Waals surface area contributed by atoms with E-state index in [2.05, 4.69) is 61.9 Å². The first-order chi connectivity index (χ1) is 12.0. The minimum Gasteiger partial charge on any atom is -0.364 e. The van der Waals surface area contributed by atoms with E-state index in [0.29, 0.717) is 12.6 Å². The number of urea groups is 1. The van der Waals surface area contributed by atoms with Crippen LogP contribution in [0, 0.1) is 0 Å². The zero-order chi connectivity index (χ0) is 18.6. The lowest BCUT2D eigenvalue weighted by Gasteiger charge is -2.30. The van der Waals surface area contributed by atoms with Gasteiger partial charge in [-0.05, 0) is 57.9 Å². The standard InChI is InChI=1S/C20H32N4O/c1-7-9-17-16(8-2)18(12-21-5)23(6)19(17)13-22-20(25)24(14(3)4)15-10-11-15/h7,9,12,14-15,19H,5,8,10-11,13H2,1-4,6H3,(H,22,25)/b9-7-,18-12-. The Morgan fingerprint density at radius 2 is 2.16 bits per heavy atom. The molecule has 0 bridgehead atoms. The van der Waals surface area contributed by atoms with Gasteiger partial charge in [0.25, 0.3) is 0 Å². The summed E-state index contributed by atoms with van der Waals surface area (Å²) < 4.78 is 0. The molecule has 0 saturated heterocycles. The summed E-state index contributed by atoms with van der Waals surface area (Å²) in [7, 11) is 2.06. The fraction of sp³-hybridized carbons (Fsp3) is 0.600. The molecule has 2 rings (SSSR count). The molecule has 2 amide bonds. The first kappa shape index (κ1) is 19.3. The fourth-order valence-electron chi connectivity index (χ4n) is 3.67. The highest BCUT2D eigenvalue weighted by atomic mass is 16.2. The highest BCUT2D eigenvalue weighted by molar-refractivity contribution is 5.75. The maximum absolute atomic E-state index is 12.7. The quantitative estimate of drug-likeness (QED) is 0.716. The van der Waals surface area contributed by atoms with Crippen molar-refractivity contribution >= 4 is 12.7 Å². The maximum atomic E-state index is 12.7. The van der Waals surface area contributed by atoms with E-state index in [0.717, 1.165) is 25.0 Å². The van der Waals surface area contributed by atoms with Crippen LogP contribution >= 0.6 is 0 Å². The third-order valence-corrected chi connectivity index (χ3v) is 4.96. The van der Waals surface area contributed by atoms with Crippen LogP contribution in [-0.2, 0) is 0 Å². The Labute approximate surface area is 152 Å². The molecule has 5 heteroatoms. The number of hydrogen-bond acceptors (Lipinski definition) is 3. The van der Waals surface area contributed by atoms with Crippen LogP contribution in [0.4, 0.5) is 4.79 Å². The summed E-state index contributed by atoms with van der Waals surface area (Å²) in [6.45, 7) is 12.5. The lowest BCUT2D eigenvalue weighted by Crippen LogP contribution is -2.48. The van der Waals surface area contributed by atoms with Gasteiger partial charge in [0.1, 0.15) is 0 Å². The first-order valence-corrected chi connectivity index (χ1v) is 9.27. The Kier molecular flexibility index (Phi) is 6.45. The highest BCUT2D eigenvalue weighted by Crippen LogP contribution is 2.35. The summed E-state index contributed by atoms with van der Waals surface area (Å²) in [6, 6.07) is 0.809. The summed E-state index contributed by atoms with van der Waals surface area (Å²) in [5.74, 6) is 0. The predicted octanol–water partition coefficient (Wildman–Crippen LogP) is 3.71. The second-order valence-electron chi connectivity index (χ2n) is 7.03. The summed E-state index contributed by atoms with van der Waals surface area (Å²) in [6.07, 6.45) is 9.19. The van der Waals surface area contributed by atoms with Crippen LogP contribution in [-0.4, -0.2) is 54.3 Å². The summed E-state index contributed by atoms with van der Waals surface area (Å²) >= 11 is 0. The van der Waals surface area contributed by atoms with Crippen molar-refractivity contribution < 1.29 is 4.79 Å². The van der Waals surface area contributed by atoms with Crippen LogP contribution in [0.2, 0.25) is 0 Å². The maximum Gasteiger partial charge on any atom is 0.317 e. The molecule has 0 aromatic rings. The molecule has 1 unspecified atom stereocenters. The van der Waals surface area contributed by atoms with Gasteiger partial charge < -0.3 is 15.1 Å². The lowest BCUT2D eigenvalue weighted by molar-refractivity contribution is 0.177. The molecule has 1 N–H and O–H groups in total. The Bertz CT molecular complexity index is 597. The van der Waals surface area contributed by atoms with Crippen LogP contribution in [0.5, 0.6) is 0 Å². The second-order valence-corrected chi connectivity index (χ2v) is 7.03. The molecule has 5 nitrogen and oxygen atoms in total. The molecule has 2 aliphatic rings. The van der Waals surface area contributed by atoms with Crippen molar-refractivity contribution in [2.24, 2.45) is 4.99 Å². The Hall–Kier alpha value is -2.04. The van der Waals surface area contributed by atoms with Crippen molar-refractivity contribution in [2.75, 3.05) is 13.6 Å². The fourth-order valence-corrected chi connectivity index (χ4v) is 3.67.